The predicted octanol–water partition coefficient (Wildman–Crippen LogP) is 2.11. The van der Waals surface area contributed by atoms with Crippen LogP contribution in [0.1, 0.15) is 29.2 Å². The van der Waals surface area contributed by atoms with E-state index in [2.05, 4.69) is 5.32 Å². The second-order valence-corrected chi connectivity index (χ2v) is 8.34. The number of hydrogen-bond donors (Lipinski definition) is 3. The molecule has 2 aromatic rings. The number of hydrazine groups is 1. The number of aryl methyl sites for hydroxylation is 1. The van der Waals surface area contributed by atoms with E-state index in [-0.39, 0.29) is 36.7 Å². The summed E-state index contributed by atoms with van der Waals surface area (Å²) < 4.78 is 35.3. The van der Waals surface area contributed by atoms with Gasteiger partial charge in [0.05, 0.1) is 26.3 Å². The third-order valence-electron chi connectivity index (χ3n) is 6.04. The van der Waals surface area contributed by atoms with Crippen LogP contribution < -0.4 is 31.1 Å². The van der Waals surface area contributed by atoms with E-state index < -0.39 is 11.7 Å². The largest absolute Gasteiger partial charge is 0.494 e. The van der Waals surface area contributed by atoms with Crippen molar-refractivity contribution in [1.82, 2.24) is 10.3 Å². The summed E-state index contributed by atoms with van der Waals surface area (Å²) in [5.74, 6) is 6.61. The van der Waals surface area contributed by atoms with Gasteiger partial charge in [-0.05, 0) is 53.8 Å². The molecule has 2 aromatic carbocycles. The van der Waals surface area contributed by atoms with Crippen molar-refractivity contribution in [2.24, 2.45) is 17.5 Å². The van der Waals surface area contributed by atoms with E-state index in [0.717, 1.165) is 24.0 Å². The first-order valence-corrected chi connectivity index (χ1v) is 10.9. The van der Waals surface area contributed by atoms with Crippen LogP contribution >= 0.6 is 0 Å². The van der Waals surface area contributed by atoms with Crippen LogP contribution in [0.2, 0.25) is 0 Å². The molecule has 4 rings (SSSR count). The lowest BCUT2D eigenvalue weighted by Crippen LogP contribution is -2.40. The van der Waals surface area contributed by atoms with Gasteiger partial charge in [0.25, 0.3) is 5.91 Å². The molecular weight excluding hydrogens is 443 g/mol. The summed E-state index contributed by atoms with van der Waals surface area (Å²) in [6.07, 6.45) is 3.00. The van der Waals surface area contributed by atoms with E-state index in [1.807, 2.05) is 12.1 Å². The fourth-order valence-electron chi connectivity index (χ4n) is 4.38. The summed E-state index contributed by atoms with van der Waals surface area (Å²) in [5, 5.41) is 4.26. The first-order chi connectivity index (χ1) is 16.4. The van der Waals surface area contributed by atoms with Crippen LogP contribution in [0.5, 0.6) is 17.2 Å². The van der Waals surface area contributed by atoms with E-state index in [9.17, 15) is 9.18 Å². The second kappa shape index (κ2) is 10.2. The molecule has 0 bridgehead atoms. The number of nitrogens with two attached hydrogens (primary N) is 2. The molecule has 2 aliphatic rings. The lowest BCUT2D eigenvalue weighted by atomic mass is 9.79. The molecule has 9 nitrogen and oxygen atoms in total. The van der Waals surface area contributed by atoms with E-state index in [1.165, 1.54) is 30.5 Å². The molecule has 1 aliphatic heterocycles. The lowest BCUT2D eigenvalue weighted by Gasteiger charge is -2.34. The van der Waals surface area contributed by atoms with Gasteiger partial charge >= 0.3 is 0 Å². The molecule has 0 aromatic heterocycles. The molecule has 10 heteroatoms. The van der Waals surface area contributed by atoms with Crippen LogP contribution in [-0.2, 0) is 22.5 Å². The van der Waals surface area contributed by atoms with Crippen molar-refractivity contribution in [3.05, 3.63) is 64.7 Å². The lowest BCUT2D eigenvalue weighted by molar-refractivity contribution is -0.119. The minimum absolute atomic E-state index is 0.0610. The molecule has 5 N–H and O–H groups in total. The summed E-state index contributed by atoms with van der Waals surface area (Å²) in [5.41, 5.74) is 8.63. The number of ether oxygens (including phenoxy) is 4. The highest BCUT2D eigenvalue weighted by Gasteiger charge is 2.33. The van der Waals surface area contributed by atoms with Crippen LogP contribution in [-0.4, -0.2) is 38.5 Å². The van der Waals surface area contributed by atoms with Crippen LogP contribution in [0.3, 0.4) is 0 Å². The van der Waals surface area contributed by atoms with Gasteiger partial charge in [0.1, 0.15) is 5.70 Å². The number of benzene rings is 2. The number of rotatable bonds is 8. The number of amides is 1. The Kier molecular flexibility index (Phi) is 7.09. The minimum atomic E-state index is -0.496. The first kappa shape index (κ1) is 23.7. The van der Waals surface area contributed by atoms with E-state index in [0.29, 0.717) is 23.7 Å². The van der Waals surface area contributed by atoms with Gasteiger partial charge in [-0.15, -0.1) is 0 Å². The number of fused-ring (bicyclic) bond motifs is 2. The maximum Gasteiger partial charge on any atom is 0.269 e. The average molecular weight is 473 g/mol. The highest BCUT2D eigenvalue weighted by atomic mass is 19.1. The normalized spacial score (nSPS) is 18.9. The van der Waals surface area contributed by atoms with Crippen LogP contribution in [0, 0.1) is 11.7 Å². The highest BCUT2D eigenvalue weighted by Crippen LogP contribution is 2.42. The summed E-state index contributed by atoms with van der Waals surface area (Å²) >= 11 is 0. The van der Waals surface area contributed by atoms with Gasteiger partial charge in [-0.2, -0.15) is 0 Å². The van der Waals surface area contributed by atoms with Crippen molar-refractivity contribution in [2.75, 3.05) is 27.6 Å². The van der Waals surface area contributed by atoms with Crippen molar-refractivity contribution in [2.45, 2.75) is 25.4 Å². The zero-order valence-corrected chi connectivity index (χ0v) is 19.2. The van der Waals surface area contributed by atoms with Gasteiger partial charge in [0.2, 0.25) is 6.79 Å². The number of carbonyl (C=O) groups is 1. The summed E-state index contributed by atoms with van der Waals surface area (Å²) in [4.78, 5) is 13.0. The maximum atomic E-state index is 13.9. The third kappa shape index (κ3) is 5.02. The highest BCUT2D eigenvalue weighted by molar-refractivity contribution is 5.92. The molecule has 182 valence electrons. The Morgan fingerprint density at radius 2 is 2.03 bits per heavy atom. The molecule has 1 aliphatic carbocycles. The Labute approximate surface area is 197 Å². The van der Waals surface area contributed by atoms with Crippen molar-refractivity contribution in [3.63, 3.8) is 0 Å². The number of nitrogens with zero attached hydrogens (tertiary/aromatic N) is 1. The Morgan fingerprint density at radius 3 is 2.74 bits per heavy atom. The van der Waals surface area contributed by atoms with Crippen molar-refractivity contribution in [3.8, 4) is 17.2 Å². The number of hydrogen-bond acceptors (Lipinski definition) is 8. The molecule has 0 radical (unpaired) electrons. The van der Waals surface area contributed by atoms with E-state index in [1.54, 1.807) is 13.2 Å². The number of carbonyl (C=O) groups excluding carboxylic acids is 1. The third-order valence-corrected chi connectivity index (χ3v) is 6.04. The molecule has 0 saturated carbocycles. The van der Waals surface area contributed by atoms with Crippen LogP contribution in [0.15, 0.2) is 42.2 Å². The molecule has 0 fully saturated rings. The van der Waals surface area contributed by atoms with Gasteiger partial charge in [-0.1, -0.05) is 6.07 Å². The summed E-state index contributed by atoms with van der Waals surface area (Å²) in [6, 6.07) is 8.08. The van der Waals surface area contributed by atoms with Crippen molar-refractivity contribution < 1.29 is 28.1 Å². The number of halogens is 1. The van der Waals surface area contributed by atoms with Crippen molar-refractivity contribution >= 4 is 5.91 Å². The topological polar surface area (TPSA) is 121 Å². The zero-order chi connectivity index (χ0) is 24.2. The Morgan fingerprint density at radius 1 is 1.26 bits per heavy atom. The average Bonchev–Trinajstić information content (AvgIpc) is 3.26. The summed E-state index contributed by atoms with van der Waals surface area (Å²) in [6.45, 7) is 0.808. The molecule has 2 unspecified atom stereocenters. The first-order valence-electron chi connectivity index (χ1n) is 10.9. The Balaban J connectivity index is 1.48. The molecule has 2 atom stereocenters. The standard InChI is InChI=1S/C24H29FN4O5/c1-31-12-16-5-4-15-8-21-22(34-13-33-21)9-17(15)23(16)28-24(30)19(26)11-29(27)10-14-3-6-20(32-2)18(25)7-14/h3,6-9,11,16,23H,4-5,10,12-13,26-27H2,1-2H3,(H,28,30)/b19-11-. The zero-order valence-electron chi connectivity index (χ0n) is 19.2. The number of methoxy groups -OCH3 is 2. The van der Waals surface area contributed by atoms with Crippen LogP contribution in [0.4, 0.5) is 4.39 Å². The van der Waals surface area contributed by atoms with E-state index >= 15 is 0 Å². The van der Waals surface area contributed by atoms with Crippen LogP contribution in [0.25, 0.3) is 0 Å². The molecular formula is C24H29FN4O5. The van der Waals surface area contributed by atoms with Crippen molar-refractivity contribution in [1.29, 1.82) is 0 Å². The van der Waals surface area contributed by atoms with Gasteiger partial charge in [-0.25, -0.2) is 10.2 Å². The van der Waals surface area contributed by atoms with E-state index in [4.69, 9.17) is 30.5 Å². The van der Waals surface area contributed by atoms with Gasteiger partial charge in [0, 0.05) is 19.2 Å². The SMILES string of the molecule is COCC1CCc2cc3c(cc2C1NC(=O)/C(N)=C/N(N)Cc1ccc(OC)c(F)c1)OCO3. The fourth-order valence-corrected chi connectivity index (χ4v) is 4.38. The monoisotopic (exact) mass is 472 g/mol. The fraction of sp³-hybridized carbons (Fsp3) is 0.375. The molecule has 34 heavy (non-hydrogen) atoms. The molecule has 0 spiro atoms. The molecule has 1 amide bonds. The maximum absolute atomic E-state index is 13.9. The minimum Gasteiger partial charge on any atom is -0.494 e. The Bertz CT molecular complexity index is 1090. The predicted molar refractivity (Wildman–Crippen MR) is 122 cm³/mol. The second-order valence-electron chi connectivity index (χ2n) is 8.34. The summed E-state index contributed by atoms with van der Waals surface area (Å²) in [7, 11) is 3.03. The smallest absolute Gasteiger partial charge is 0.269 e. The Hall–Kier alpha value is -3.50. The molecule has 0 saturated heterocycles. The quantitative estimate of drug-likeness (QED) is 0.303. The number of nitrogens with one attached hydrogen (secondary N) is 1. The van der Waals surface area contributed by atoms with Gasteiger partial charge in [-0.3, -0.25) is 4.79 Å². The van der Waals surface area contributed by atoms with Gasteiger partial charge < -0.3 is 35.0 Å². The van der Waals surface area contributed by atoms with Gasteiger partial charge in [0.15, 0.2) is 23.1 Å². The molecule has 1 heterocycles.